The van der Waals surface area contributed by atoms with Gasteiger partial charge in [0.1, 0.15) is 12.4 Å². The highest BCUT2D eigenvalue weighted by atomic mass is 16.5. The zero-order valence-electron chi connectivity index (χ0n) is 11.2. The van der Waals surface area contributed by atoms with Crippen LogP contribution in [0.25, 0.3) is 0 Å². The second kappa shape index (κ2) is 5.59. The molecule has 2 N–H and O–H groups in total. The normalized spacial score (nSPS) is 19.7. The molecule has 2 rings (SSSR count). The molecule has 1 aliphatic rings. The van der Waals surface area contributed by atoms with Crippen LogP contribution in [-0.4, -0.2) is 43.3 Å². The van der Waals surface area contributed by atoms with Crippen LogP contribution < -0.4 is 10.5 Å². The number of ether oxygens (including phenoxy) is 2. The standard InChI is InChI=1S/C14H22N2O2/c1-14(2)11-16(8-10-18-14)7-9-17-13-5-3-12(15)4-6-13/h3-6H,7-11,15H2,1-2H3. The average Bonchev–Trinajstić information content (AvgIpc) is 2.30. The lowest BCUT2D eigenvalue weighted by Crippen LogP contribution is -2.49. The summed E-state index contributed by atoms with van der Waals surface area (Å²) < 4.78 is 11.4. The third-order valence-corrected chi connectivity index (χ3v) is 3.06. The van der Waals surface area contributed by atoms with E-state index in [9.17, 15) is 0 Å². The highest BCUT2D eigenvalue weighted by molar-refractivity contribution is 5.41. The Morgan fingerprint density at radius 2 is 2.06 bits per heavy atom. The van der Waals surface area contributed by atoms with Gasteiger partial charge in [-0.15, -0.1) is 0 Å². The van der Waals surface area contributed by atoms with Crippen LogP contribution in [0.2, 0.25) is 0 Å². The van der Waals surface area contributed by atoms with Crippen molar-refractivity contribution in [2.45, 2.75) is 19.4 Å². The quantitative estimate of drug-likeness (QED) is 0.827. The minimum atomic E-state index is -0.0422. The summed E-state index contributed by atoms with van der Waals surface area (Å²) in [6.45, 7) is 8.61. The van der Waals surface area contributed by atoms with Gasteiger partial charge in [-0.3, -0.25) is 4.90 Å². The molecule has 1 saturated heterocycles. The molecule has 0 radical (unpaired) electrons. The lowest BCUT2D eigenvalue weighted by atomic mass is 10.1. The number of benzene rings is 1. The van der Waals surface area contributed by atoms with E-state index < -0.39 is 0 Å². The van der Waals surface area contributed by atoms with E-state index in [4.69, 9.17) is 15.2 Å². The highest BCUT2D eigenvalue weighted by Gasteiger charge is 2.26. The van der Waals surface area contributed by atoms with Crippen molar-refractivity contribution in [2.24, 2.45) is 0 Å². The van der Waals surface area contributed by atoms with Gasteiger partial charge in [0.05, 0.1) is 12.2 Å². The summed E-state index contributed by atoms with van der Waals surface area (Å²) in [4.78, 5) is 2.38. The van der Waals surface area contributed by atoms with Gasteiger partial charge in [0, 0.05) is 25.3 Å². The van der Waals surface area contributed by atoms with E-state index in [1.165, 1.54) is 0 Å². The van der Waals surface area contributed by atoms with Crippen LogP contribution in [0.3, 0.4) is 0 Å². The molecule has 1 aromatic carbocycles. The maximum atomic E-state index is 5.69. The number of rotatable bonds is 4. The van der Waals surface area contributed by atoms with Gasteiger partial charge in [0.2, 0.25) is 0 Å². The van der Waals surface area contributed by atoms with Crippen LogP contribution in [0.4, 0.5) is 5.69 Å². The molecule has 0 spiro atoms. The van der Waals surface area contributed by atoms with Crippen LogP contribution in [-0.2, 0) is 4.74 Å². The van der Waals surface area contributed by atoms with Crippen molar-refractivity contribution >= 4 is 5.69 Å². The molecule has 4 heteroatoms. The van der Waals surface area contributed by atoms with Crippen LogP contribution in [0.5, 0.6) is 5.75 Å². The van der Waals surface area contributed by atoms with Crippen molar-refractivity contribution < 1.29 is 9.47 Å². The van der Waals surface area contributed by atoms with E-state index in [1.807, 2.05) is 24.3 Å². The third-order valence-electron chi connectivity index (χ3n) is 3.06. The molecular weight excluding hydrogens is 228 g/mol. The van der Waals surface area contributed by atoms with Gasteiger partial charge in [-0.25, -0.2) is 0 Å². The third kappa shape index (κ3) is 3.89. The van der Waals surface area contributed by atoms with Gasteiger partial charge < -0.3 is 15.2 Å². The number of nitrogens with zero attached hydrogens (tertiary/aromatic N) is 1. The lowest BCUT2D eigenvalue weighted by Gasteiger charge is -2.38. The summed E-state index contributed by atoms with van der Waals surface area (Å²) in [6, 6.07) is 7.51. The highest BCUT2D eigenvalue weighted by Crippen LogP contribution is 2.16. The first-order valence-electron chi connectivity index (χ1n) is 6.40. The first kappa shape index (κ1) is 13.2. The summed E-state index contributed by atoms with van der Waals surface area (Å²) in [5.41, 5.74) is 6.34. The van der Waals surface area contributed by atoms with Crippen molar-refractivity contribution in [1.29, 1.82) is 0 Å². The largest absolute Gasteiger partial charge is 0.492 e. The zero-order chi connectivity index (χ0) is 13.0. The van der Waals surface area contributed by atoms with Crippen LogP contribution in [0, 0.1) is 0 Å². The number of nitrogens with two attached hydrogens (primary N) is 1. The summed E-state index contributed by atoms with van der Waals surface area (Å²) in [5.74, 6) is 0.872. The Morgan fingerprint density at radius 1 is 1.33 bits per heavy atom. The van der Waals surface area contributed by atoms with Crippen LogP contribution >= 0.6 is 0 Å². The Bertz CT molecular complexity index is 376. The molecule has 0 atom stereocenters. The molecular formula is C14H22N2O2. The fourth-order valence-electron chi connectivity index (χ4n) is 2.16. The number of anilines is 1. The number of nitrogen functional groups attached to an aromatic ring is 1. The molecule has 0 amide bonds. The Balaban J connectivity index is 1.73. The van der Waals surface area contributed by atoms with Crippen molar-refractivity contribution in [3.8, 4) is 5.75 Å². The number of hydrogen-bond acceptors (Lipinski definition) is 4. The predicted octanol–water partition coefficient (Wildman–Crippen LogP) is 1.76. The average molecular weight is 250 g/mol. The first-order valence-corrected chi connectivity index (χ1v) is 6.40. The molecule has 0 aliphatic carbocycles. The Morgan fingerprint density at radius 3 is 2.72 bits per heavy atom. The van der Waals surface area contributed by atoms with Crippen LogP contribution in [0.15, 0.2) is 24.3 Å². The molecule has 0 aromatic heterocycles. The number of morpholine rings is 1. The predicted molar refractivity (Wildman–Crippen MR) is 72.8 cm³/mol. The smallest absolute Gasteiger partial charge is 0.119 e. The van der Waals surface area contributed by atoms with Crippen molar-refractivity contribution in [3.05, 3.63) is 24.3 Å². The van der Waals surface area contributed by atoms with E-state index in [0.717, 1.165) is 37.7 Å². The molecule has 1 fully saturated rings. The second-order valence-electron chi connectivity index (χ2n) is 5.30. The van der Waals surface area contributed by atoms with E-state index in [1.54, 1.807) is 0 Å². The molecule has 0 saturated carbocycles. The number of hydrogen-bond donors (Lipinski definition) is 1. The van der Waals surface area contributed by atoms with Crippen molar-refractivity contribution in [2.75, 3.05) is 38.6 Å². The van der Waals surface area contributed by atoms with Crippen molar-refractivity contribution in [3.63, 3.8) is 0 Å². The fourth-order valence-corrected chi connectivity index (χ4v) is 2.16. The topological polar surface area (TPSA) is 47.7 Å². The van der Waals surface area contributed by atoms with E-state index in [2.05, 4.69) is 18.7 Å². The minimum absolute atomic E-state index is 0.0422. The van der Waals surface area contributed by atoms with Gasteiger partial charge in [0.25, 0.3) is 0 Å². The fraction of sp³-hybridized carbons (Fsp3) is 0.571. The maximum absolute atomic E-state index is 5.69. The van der Waals surface area contributed by atoms with Gasteiger partial charge in [-0.05, 0) is 38.1 Å². The first-order chi connectivity index (χ1) is 8.55. The van der Waals surface area contributed by atoms with Gasteiger partial charge in [-0.2, -0.15) is 0 Å². The Labute approximate surface area is 109 Å². The molecule has 1 aromatic rings. The van der Waals surface area contributed by atoms with E-state index >= 15 is 0 Å². The molecule has 1 heterocycles. The van der Waals surface area contributed by atoms with Gasteiger partial charge in [0.15, 0.2) is 0 Å². The van der Waals surface area contributed by atoms with Crippen molar-refractivity contribution in [1.82, 2.24) is 4.90 Å². The lowest BCUT2D eigenvalue weighted by molar-refractivity contribution is -0.0875. The summed E-state index contributed by atoms with van der Waals surface area (Å²) in [5, 5.41) is 0. The van der Waals surface area contributed by atoms with E-state index in [-0.39, 0.29) is 5.60 Å². The molecule has 1 aliphatic heterocycles. The van der Waals surface area contributed by atoms with Gasteiger partial charge in [-0.1, -0.05) is 0 Å². The summed E-state index contributed by atoms with van der Waals surface area (Å²) in [6.07, 6.45) is 0. The van der Waals surface area contributed by atoms with Gasteiger partial charge >= 0.3 is 0 Å². The van der Waals surface area contributed by atoms with Crippen LogP contribution in [0.1, 0.15) is 13.8 Å². The Hall–Kier alpha value is -1.26. The molecule has 100 valence electrons. The molecule has 4 nitrogen and oxygen atoms in total. The molecule has 0 bridgehead atoms. The molecule has 0 unspecified atom stereocenters. The minimum Gasteiger partial charge on any atom is -0.492 e. The maximum Gasteiger partial charge on any atom is 0.119 e. The summed E-state index contributed by atoms with van der Waals surface area (Å²) >= 11 is 0. The molecule has 18 heavy (non-hydrogen) atoms. The monoisotopic (exact) mass is 250 g/mol. The zero-order valence-corrected chi connectivity index (χ0v) is 11.2. The van der Waals surface area contributed by atoms with E-state index in [0.29, 0.717) is 6.61 Å². The second-order valence-corrected chi connectivity index (χ2v) is 5.30. The SMILES string of the molecule is CC1(C)CN(CCOc2ccc(N)cc2)CCO1. The summed E-state index contributed by atoms with van der Waals surface area (Å²) in [7, 11) is 0. The Kier molecular flexibility index (Phi) is 4.09.